The Morgan fingerprint density at radius 2 is 1.57 bits per heavy atom. The van der Waals surface area contributed by atoms with Crippen LogP contribution in [-0.4, -0.2) is 58.9 Å². The van der Waals surface area contributed by atoms with E-state index in [1.165, 1.54) is 38.5 Å². The summed E-state index contributed by atoms with van der Waals surface area (Å²) in [7, 11) is 2.93. The summed E-state index contributed by atoms with van der Waals surface area (Å²) in [6, 6.07) is 8.35. The summed E-state index contributed by atoms with van der Waals surface area (Å²) in [5.41, 5.74) is 1.09. The van der Waals surface area contributed by atoms with Crippen LogP contribution in [0.2, 0.25) is 0 Å². The van der Waals surface area contributed by atoms with Gasteiger partial charge in [-0.05, 0) is 24.3 Å². The number of ether oxygens (including phenoxy) is 3. The van der Waals surface area contributed by atoms with Crippen LogP contribution in [0.5, 0.6) is 11.5 Å². The molecule has 8 nitrogen and oxygen atoms in total. The number of morpholine rings is 1. The van der Waals surface area contributed by atoms with Crippen LogP contribution in [0.4, 0.5) is 15.8 Å². The smallest absolute Gasteiger partial charge is 0.279 e. The molecule has 0 unspecified atom stereocenters. The van der Waals surface area contributed by atoms with Crippen molar-refractivity contribution in [2.45, 2.75) is 0 Å². The molecule has 1 saturated heterocycles. The lowest BCUT2D eigenvalue weighted by Crippen LogP contribution is -3.15. The Morgan fingerprint density at radius 1 is 1.00 bits per heavy atom. The molecule has 0 aliphatic carbocycles. The molecule has 3 rings (SSSR count). The third-order valence-corrected chi connectivity index (χ3v) is 4.76. The molecule has 1 fully saturated rings. The number of halogens is 1. The number of benzene rings is 2. The monoisotopic (exact) mass is 418 g/mol. The summed E-state index contributed by atoms with van der Waals surface area (Å²) in [4.78, 5) is 26.1. The van der Waals surface area contributed by atoms with Gasteiger partial charge in [-0.1, -0.05) is 0 Å². The van der Waals surface area contributed by atoms with Gasteiger partial charge in [-0.15, -0.1) is 0 Å². The lowest BCUT2D eigenvalue weighted by atomic mass is 10.2. The maximum atomic E-state index is 13.1. The van der Waals surface area contributed by atoms with E-state index in [9.17, 15) is 14.0 Å². The van der Waals surface area contributed by atoms with Gasteiger partial charge in [-0.3, -0.25) is 9.59 Å². The number of amides is 2. The molecule has 0 bridgehead atoms. The number of anilines is 2. The second-order valence-corrected chi connectivity index (χ2v) is 6.80. The number of quaternary nitrogens is 1. The van der Waals surface area contributed by atoms with Gasteiger partial charge in [0.1, 0.15) is 30.4 Å². The zero-order valence-corrected chi connectivity index (χ0v) is 16.9. The average Bonchev–Trinajstić information content (AvgIpc) is 2.75. The van der Waals surface area contributed by atoms with Crippen molar-refractivity contribution in [1.29, 1.82) is 0 Å². The Balaban J connectivity index is 1.75. The summed E-state index contributed by atoms with van der Waals surface area (Å²) in [6.07, 6.45) is 0. The van der Waals surface area contributed by atoms with Crippen LogP contribution in [0, 0.1) is 5.82 Å². The second kappa shape index (κ2) is 10.0. The minimum Gasteiger partial charge on any atom is -0.494 e. The van der Waals surface area contributed by atoms with E-state index in [0.717, 1.165) is 18.0 Å². The summed E-state index contributed by atoms with van der Waals surface area (Å²) in [6.45, 7) is 3.16. The van der Waals surface area contributed by atoms with E-state index in [0.29, 0.717) is 48.2 Å². The molecule has 0 atom stereocenters. The van der Waals surface area contributed by atoms with E-state index in [2.05, 4.69) is 10.6 Å². The lowest BCUT2D eigenvalue weighted by molar-refractivity contribution is -0.899. The SMILES string of the molecule is COc1cc(NC(=O)c2ccc(F)cc2)c(OC)cc1NC(=O)C[NH+]1CCOCC1. The van der Waals surface area contributed by atoms with Crippen LogP contribution < -0.4 is 25.0 Å². The fraction of sp³-hybridized carbons (Fsp3) is 0.333. The predicted octanol–water partition coefficient (Wildman–Crippen LogP) is 0.949. The summed E-state index contributed by atoms with van der Waals surface area (Å²) >= 11 is 0. The van der Waals surface area contributed by atoms with E-state index in [-0.39, 0.29) is 5.91 Å². The van der Waals surface area contributed by atoms with Crippen molar-refractivity contribution in [3.63, 3.8) is 0 Å². The van der Waals surface area contributed by atoms with Crippen molar-refractivity contribution >= 4 is 23.2 Å². The van der Waals surface area contributed by atoms with Gasteiger partial charge in [0.2, 0.25) is 0 Å². The van der Waals surface area contributed by atoms with Crippen LogP contribution >= 0.6 is 0 Å². The molecule has 2 amide bonds. The molecule has 0 radical (unpaired) electrons. The Kier molecular flexibility index (Phi) is 7.21. The molecule has 30 heavy (non-hydrogen) atoms. The second-order valence-electron chi connectivity index (χ2n) is 6.80. The summed E-state index contributed by atoms with van der Waals surface area (Å²) < 4.78 is 29.1. The minimum absolute atomic E-state index is 0.157. The highest BCUT2D eigenvalue weighted by atomic mass is 19.1. The van der Waals surface area contributed by atoms with Crippen molar-refractivity contribution < 1.29 is 33.1 Å². The number of carbonyl (C=O) groups excluding carboxylic acids is 2. The standard InChI is InChI=1S/C21H24FN3O5/c1-28-18-12-17(24-21(27)14-3-5-15(22)6-4-14)19(29-2)11-16(18)23-20(26)13-25-7-9-30-10-8-25/h3-6,11-12H,7-10,13H2,1-2H3,(H,23,26)(H,24,27)/p+1. The first-order valence-electron chi connectivity index (χ1n) is 9.54. The van der Waals surface area contributed by atoms with Gasteiger partial charge in [0.05, 0.1) is 38.8 Å². The van der Waals surface area contributed by atoms with E-state index < -0.39 is 11.7 Å². The third-order valence-electron chi connectivity index (χ3n) is 4.76. The Hall–Kier alpha value is -3.17. The molecule has 9 heteroatoms. The quantitative estimate of drug-likeness (QED) is 0.623. The molecule has 1 aliphatic heterocycles. The molecule has 3 N–H and O–H groups in total. The zero-order chi connectivity index (χ0) is 21.5. The molecule has 2 aromatic rings. The van der Waals surface area contributed by atoms with Gasteiger partial charge < -0.3 is 29.7 Å². The fourth-order valence-electron chi connectivity index (χ4n) is 3.15. The first-order valence-corrected chi connectivity index (χ1v) is 9.54. The molecular weight excluding hydrogens is 393 g/mol. The van der Waals surface area contributed by atoms with Crippen LogP contribution in [0.3, 0.4) is 0 Å². The van der Waals surface area contributed by atoms with Gasteiger partial charge in [-0.25, -0.2) is 4.39 Å². The van der Waals surface area contributed by atoms with Crippen molar-refractivity contribution in [1.82, 2.24) is 0 Å². The Morgan fingerprint density at radius 3 is 2.13 bits per heavy atom. The van der Waals surface area contributed by atoms with Gasteiger partial charge in [0, 0.05) is 17.7 Å². The highest BCUT2D eigenvalue weighted by molar-refractivity contribution is 6.05. The molecule has 1 heterocycles. The molecular formula is C21H25FN3O5+. The van der Waals surface area contributed by atoms with Crippen LogP contribution in [0.15, 0.2) is 36.4 Å². The first-order chi connectivity index (χ1) is 14.5. The van der Waals surface area contributed by atoms with Crippen molar-refractivity contribution in [3.05, 3.63) is 47.8 Å². The third kappa shape index (κ3) is 5.46. The highest BCUT2D eigenvalue weighted by Gasteiger charge is 2.20. The number of carbonyl (C=O) groups is 2. The maximum absolute atomic E-state index is 13.1. The first kappa shape index (κ1) is 21.5. The van der Waals surface area contributed by atoms with Crippen molar-refractivity contribution in [2.75, 3.05) is 57.7 Å². The average molecular weight is 418 g/mol. The van der Waals surface area contributed by atoms with E-state index >= 15 is 0 Å². The van der Waals surface area contributed by atoms with Gasteiger partial charge >= 0.3 is 0 Å². The van der Waals surface area contributed by atoms with Crippen molar-refractivity contribution in [2.24, 2.45) is 0 Å². The van der Waals surface area contributed by atoms with Gasteiger partial charge in [0.15, 0.2) is 6.54 Å². The maximum Gasteiger partial charge on any atom is 0.279 e. The van der Waals surface area contributed by atoms with Crippen LogP contribution in [0.1, 0.15) is 10.4 Å². The van der Waals surface area contributed by atoms with Crippen LogP contribution in [0.25, 0.3) is 0 Å². The summed E-state index contributed by atoms with van der Waals surface area (Å²) in [5.74, 6) is -0.293. The number of rotatable bonds is 7. The van der Waals surface area contributed by atoms with Gasteiger partial charge in [-0.2, -0.15) is 0 Å². The highest BCUT2D eigenvalue weighted by Crippen LogP contribution is 2.36. The molecule has 0 spiro atoms. The predicted molar refractivity (Wildman–Crippen MR) is 109 cm³/mol. The molecule has 1 aliphatic rings. The minimum atomic E-state index is -0.428. The van der Waals surface area contributed by atoms with Gasteiger partial charge in [0.25, 0.3) is 11.8 Å². The van der Waals surface area contributed by atoms with Crippen molar-refractivity contribution in [3.8, 4) is 11.5 Å². The molecule has 2 aromatic carbocycles. The number of hydrogen-bond acceptors (Lipinski definition) is 5. The zero-order valence-electron chi connectivity index (χ0n) is 16.9. The number of nitrogens with one attached hydrogen (secondary N) is 3. The number of methoxy groups -OCH3 is 2. The van der Waals surface area contributed by atoms with E-state index in [1.54, 1.807) is 12.1 Å². The Bertz CT molecular complexity index is 898. The topological polar surface area (TPSA) is 90.3 Å². The molecule has 160 valence electrons. The number of hydrogen-bond donors (Lipinski definition) is 3. The largest absolute Gasteiger partial charge is 0.494 e. The Labute approximate surface area is 173 Å². The fourth-order valence-corrected chi connectivity index (χ4v) is 3.15. The van der Waals surface area contributed by atoms with Crippen LogP contribution in [-0.2, 0) is 9.53 Å². The molecule has 0 aromatic heterocycles. The van der Waals surface area contributed by atoms with E-state index in [4.69, 9.17) is 14.2 Å². The lowest BCUT2D eigenvalue weighted by Gasteiger charge is -2.23. The van der Waals surface area contributed by atoms with E-state index in [1.807, 2.05) is 0 Å². The molecule has 0 saturated carbocycles. The summed E-state index contributed by atoms with van der Waals surface area (Å²) in [5, 5.41) is 5.56. The normalized spacial score (nSPS) is 14.1.